The third kappa shape index (κ3) is 5.82. The highest BCUT2D eigenvalue weighted by molar-refractivity contribution is 7.07. The van der Waals surface area contributed by atoms with Gasteiger partial charge in [0.15, 0.2) is 11.6 Å². The molecular weight excluding hydrogens is 570 g/mol. The number of Topliss-reactive ketones (excluding diaryl/α,β-unsaturated/α-hetero) is 2. The van der Waals surface area contributed by atoms with Gasteiger partial charge >= 0.3 is 0 Å². The number of aromatic nitrogens is 7. The van der Waals surface area contributed by atoms with Gasteiger partial charge in [0.25, 0.3) is 0 Å². The van der Waals surface area contributed by atoms with Crippen molar-refractivity contribution < 1.29 is 9.59 Å². The molecule has 3 aromatic heterocycles. The van der Waals surface area contributed by atoms with Crippen LogP contribution < -0.4 is 0 Å². The summed E-state index contributed by atoms with van der Waals surface area (Å²) < 4.78 is 3.85. The molecule has 1 fully saturated rings. The first-order valence-electron chi connectivity index (χ1n) is 14.0. The highest BCUT2D eigenvalue weighted by atomic mass is 35.5. The number of carbonyl (C=O) groups excluding carboxylic acids is 2. The number of benzene rings is 2. The van der Waals surface area contributed by atoms with Crippen LogP contribution in [-0.2, 0) is 36.1 Å². The lowest BCUT2D eigenvalue weighted by Crippen LogP contribution is -2.43. The lowest BCUT2D eigenvalue weighted by molar-refractivity contribution is -0.127. The summed E-state index contributed by atoms with van der Waals surface area (Å²) in [5.41, 5.74) is 5.27. The van der Waals surface area contributed by atoms with E-state index in [-0.39, 0.29) is 18.0 Å². The summed E-state index contributed by atoms with van der Waals surface area (Å²) in [4.78, 5) is 35.5. The number of halogens is 1. The third-order valence-corrected chi connectivity index (χ3v) is 8.93. The fraction of sp³-hybridized carbons (Fsp3) is 0.323. The third-order valence-electron chi connectivity index (χ3n) is 8.11. The van der Waals surface area contributed by atoms with Crippen molar-refractivity contribution in [3.05, 3.63) is 99.1 Å². The number of imidazole rings is 1. The number of hydrogen-bond donors (Lipinski definition) is 0. The largest absolute Gasteiger partial charge is 0.334 e. The molecule has 1 saturated carbocycles. The quantitative estimate of drug-likeness (QED) is 0.169. The maximum absolute atomic E-state index is 13.9. The zero-order chi connectivity index (χ0) is 29.1. The van der Waals surface area contributed by atoms with Gasteiger partial charge in [0.2, 0.25) is 0 Å². The molecule has 0 atom stereocenters. The molecule has 0 spiro atoms. The van der Waals surface area contributed by atoms with E-state index in [1.165, 1.54) is 11.3 Å². The summed E-state index contributed by atoms with van der Waals surface area (Å²) in [6, 6.07) is 15.5. The van der Waals surface area contributed by atoms with Crippen molar-refractivity contribution >= 4 is 34.5 Å². The highest BCUT2D eigenvalue weighted by Crippen LogP contribution is 2.45. The molecule has 0 N–H and O–H groups in total. The number of aryl methyl sites for hydroxylation is 3. The Morgan fingerprint density at radius 2 is 1.90 bits per heavy atom. The van der Waals surface area contributed by atoms with Crippen molar-refractivity contribution in [3.8, 4) is 11.3 Å². The highest BCUT2D eigenvalue weighted by Gasteiger charge is 2.45. The van der Waals surface area contributed by atoms with Crippen LogP contribution in [0.3, 0.4) is 0 Å². The molecule has 0 amide bonds. The molecule has 1 aliphatic carbocycles. The van der Waals surface area contributed by atoms with E-state index in [0.717, 1.165) is 59.7 Å². The smallest absolute Gasteiger partial charge is 0.186 e. The molecule has 0 radical (unpaired) electrons. The Bertz CT molecular complexity index is 1710. The van der Waals surface area contributed by atoms with Gasteiger partial charge in [-0.1, -0.05) is 54.4 Å². The van der Waals surface area contributed by atoms with Crippen molar-refractivity contribution in [2.24, 2.45) is 0 Å². The number of hydrogen-bond acceptors (Lipinski definition) is 8. The Balaban J connectivity index is 1.24. The van der Waals surface area contributed by atoms with Gasteiger partial charge in [-0.25, -0.2) is 14.6 Å². The Labute approximate surface area is 252 Å². The first-order chi connectivity index (χ1) is 20.4. The molecule has 214 valence electrons. The first kappa shape index (κ1) is 28.1. The second-order valence-electron chi connectivity index (χ2n) is 10.8. The van der Waals surface area contributed by atoms with Crippen LogP contribution in [0.5, 0.6) is 0 Å². The number of nitrogens with zero attached hydrogens (tertiary/aromatic N) is 7. The van der Waals surface area contributed by atoms with Crippen LogP contribution in [0.25, 0.3) is 11.3 Å². The summed E-state index contributed by atoms with van der Waals surface area (Å²) in [6.07, 6.45) is 5.97. The zero-order valence-electron chi connectivity index (χ0n) is 23.2. The zero-order valence-corrected chi connectivity index (χ0v) is 24.8. The van der Waals surface area contributed by atoms with Gasteiger partial charge in [-0.15, -0.1) is 16.4 Å². The van der Waals surface area contributed by atoms with Gasteiger partial charge in [0, 0.05) is 41.7 Å². The number of ketones is 2. The van der Waals surface area contributed by atoms with Crippen LogP contribution >= 0.6 is 22.9 Å². The molecule has 0 bridgehead atoms. The average Bonchev–Trinajstić information content (AvgIpc) is 3.71. The van der Waals surface area contributed by atoms with Crippen LogP contribution in [0.15, 0.2) is 65.6 Å². The maximum atomic E-state index is 13.9. The fourth-order valence-corrected chi connectivity index (χ4v) is 6.30. The first-order valence-corrected chi connectivity index (χ1v) is 15.3. The normalized spacial score (nSPS) is 14.0. The summed E-state index contributed by atoms with van der Waals surface area (Å²) in [5.74, 6) is 1.66. The topological polar surface area (TPSA) is 108 Å². The minimum Gasteiger partial charge on any atom is -0.334 e. The predicted molar refractivity (Wildman–Crippen MR) is 161 cm³/mol. The molecular formula is C31H30ClN7O2S. The molecule has 1 aliphatic rings. The molecule has 0 saturated heterocycles. The molecule has 6 rings (SSSR count). The lowest BCUT2D eigenvalue weighted by atomic mass is 9.61. The van der Waals surface area contributed by atoms with Crippen LogP contribution in [0.1, 0.15) is 58.9 Å². The van der Waals surface area contributed by atoms with E-state index in [1.54, 1.807) is 15.6 Å². The van der Waals surface area contributed by atoms with Crippen molar-refractivity contribution in [1.29, 1.82) is 0 Å². The van der Waals surface area contributed by atoms with Crippen molar-refractivity contribution in [2.45, 2.75) is 64.0 Å². The average molecular weight is 600 g/mol. The Morgan fingerprint density at radius 3 is 2.57 bits per heavy atom. The molecule has 2 aromatic carbocycles. The molecule has 5 aromatic rings. The Morgan fingerprint density at radius 1 is 1.07 bits per heavy atom. The van der Waals surface area contributed by atoms with Crippen LogP contribution in [-0.4, -0.2) is 46.3 Å². The fourth-order valence-electron chi connectivity index (χ4n) is 5.55. The number of thiazole rings is 1. The monoisotopic (exact) mass is 599 g/mol. The molecule has 42 heavy (non-hydrogen) atoms. The van der Waals surface area contributed by atoms with E-state index in [4.69, 9.17) is 16.6 Å². The lowest BCUT2D eigenvalue weighted by Gasteiger charge is -2.41. The SMILES string of the molecule is Cc1nnnn1CCCn1cc(-c2ccc(CC(=O)c3cscn3)cc2)nc1CC(=O)C1(c2cccc(Cl)c2)CCC1. The summed E-state index contributed by atoms with van der Waals surface area (Å²) in [5, 5.41) is 14.2. The van der Waals surface area contributed by atoms with E-state index in [1.807, 2.05) is 61.7 Å². The molecule has 0 unspecified atom stereocenters. The van der Waals surface area contributed by atoms with Crippen LogP contribution in [0.2, 0.25) is 5.02 Å². The van der Waals surface area contributed by atoms with E-state index in [0.29, 0.717) is 30.2 Å². The standard InChI is InChI=1S/C31H30ClN7O2S/c1-21-35-36-37-39(21)14-4-13-38-18-26(23-9-7-22(8-10-23)15-28(40)27-19-42-20-33-27)34-30(38)17-29(41)31(11-3-12-31)24-5-2-6-25(32)16-24/h2,5-10,16,18-20H,3-4,11-15,17H2,1H3. The summed E-state index contributed by atoms with van der Waals surface area (Å²) >= 11 is 7.72. The van der Waals surface area contributed by atoms with E-state index < -0.39 is 5.41 Å². The summed E-state index contributed by atoms with van der Waals surface area (Å²) in [7, 11) is 0. The van der Waals surface area contributed by atoms with Gasteiger partial charge in [-0.3, -0.25) is 9.59 Å². The van der Waals surface area contributed by atoms with Crippen molar-refractivity contribution in [3.63, 3.8) is 0 Å². The Hall–Kier alpha value is -4.02. The van der Waals surface area contributed by atoms with Gasteiger partial charge in [0.1, 0.15) is 17.3 Å². The second kappa shape index (κ2) is 12.1. The van der Waals surface area contributed by atoms with Gasteiger partial charge in [-0.05, 0) is 59.9 Å². The van der Waals surface area contributed by atoms with Crippen LogP contribution in [0, 0.1) is 6.92 Å². The predicted octanol–water partition coefficient (Wildman–Crippen LogP) is 5.70. The number of carbonyl (C=O) groups is 2. The molecule has 3 heterocycles. The van der Waals surface area contributed by atoms with E-state index >= 15 is 0 Å². The van der Waals surface area contributed by atoms with Gasteiger partial charge in [0.05, 0.1) is 23.0 Å². The minimum atomic E-state index is -0.517. The number of rotatable bonds is 12. The number of tetrazole rings is 1. The van der Waals surface area contributed by atoms with E-state index in [9.17, 15) is 9.59 Å². The van der Waals surface area contributed by atoms with E-state index in [2.05, 4.69) is 25.1 Å². The van der Waals surface area contributed by atoms with Gasteiger partial charge in [-0.2, -0.15) is 0 Å². The maximum Gasteiger partial charge on any atom is 0.186 e. The van der Waals surface area contributed by atoms with Crippen molar-refractivity contribution in [2.75, 3.05) is 0 Å². The molecule has 11 heteroatoms. The van der Waals surface area contributed by atoms with Crippen LogP contribution in [0.4, 0.5) is 0 Å². The minimum absolute atomic E-state index is 0.00322. The van der Waals surface area contributed by atoms with Gasteiger partial charge < -0.3 is 4.57 Å². The second-order valence-corrected chi connectivity index (χ2v) is 11.9. The molecule has 0 aliphatic heterocycles. The Kier molecular flexibility index (Phi) is 8.08. The summed E-state index contributed by atoms with van der Waals surface area (Å²) in [6.45, 7) is 3.20. The molecule has 9 nitrogen and oxygen atoms in total. The van der Waals surface area contributed by atoms with Crippen molar-refractivity contribution in [1.82, 2.24) is 34.7 Å².